The number of amides is 1. The van der Waals surface area contributed by atoms with Crippen LogP contribution in [0.3, 0.4) is 0 Å². The van der Waals surface area contributed by atoms with Gasteiger partial charge in [-0.25, -0.2) is 4.98 Å². The number of carbonyl (C=O) groups is 1. The summed E-state index contributed by atoms with van der Waals surface area (Å²) in [7, 11) is 0. The maximum Gasteiger partial charge on any atom is 0.262 e. The van der Waals surface area contributed by atoms with Gasteiger partial charge in [-0.1, -0.05) is 0 Å². The summed E-state index contributed by atoms with van der Waals surface area (Å²) in [5, 5.41) is 0.824. The molecule has 1 aliphatic carbocycles. The lowest BCUT2D eigenvalue weighted by Gasteiger charge is -2.35. The highest BCUT2D eigenvalue weighted by molar-refractivity contribution is 7.18. The van der Waals surface area contributed by atoms with Crippen molar-refractivity contribution in [1.29, 1.82) is 0 Å². The number of carbonyl (C=O) groups excluding carboxylic acids is 1. The first-order valence-corrected chi connectivity index (χ1v) is 12.4. The van der Waals surface area contributed by atoms with Crippen LogP contribution in [0.25, 0.3) is 10.2 Å². The van der Waals surface area contributed by atoms with Gasteiger partial charge in [-0.2, -0.15) is 0 Å². The monoisotopic (exact) mass is 428 g/mol. The highest BCUT2D eigenvalue weighted by atomic mass is 32.1. The van der Waals surface area contributed by atoms with Gasteiger partial charge in [0.05, 0.1) is 11.9 Å². The Morgan fingerprint density at radius 2 is 1.73 bits per heavy atom. The second kappa shape index (κ2) is 8.08. The largest absolute Gasteiger partial charge is 0.342 e. The number of nitrogens with zero attached hydrogens (tertiary/aromatic N) is 4. The van der Waals surface area contributed by atoms with Crippen LogP contribution in [0.2, 0.25) is 0 Å². The van der Waals surface area contributed by atoms with E-state index in [-0.39, 0.29) is 17.5 Å². The second-order valence-corrected chi connectivity index (χ2v) is 10.5. The Hall–Kier alpha value is -1.73. The van der Waals surface area contributed by atoms with Crippen molar-refractivity contribution in [1.82, 2.24) is 19.4 Å². The number of piperidine rings is 2. The first-order chi connectivity index (χ1) is 14.5. The Balaban J connectivity index is 1.34. The fraction of sp³-hybridized carbons (Fsp3) is 0.696. The van der Waals surface area contributed by atoms with Gasteiger partial charge in [-0.05, 0) is 64.4 Å². The number of hydrogen-bond acceptors (Lipinski definition) is 5. The molecule has 2 aliphatic heterocycles. The third kappa shape index (κ3) is 3.71. The number of fused-ring (bicyclic) bond motifs is 1. The number of aromatic nitrogens is 2. The van der Waals surface area contributed by atoms with Crippen molar-refractivity contribution >= 4 is 27.5 Å². The lowest BCUT2D eigenvalue weighted by Crippen LogP contribution is -2.46. The molecule has 4 heterocycles. The summed E-state index contributed by atoms with van der Waals surface area (Å²) in [4.78, 5) is 37.6. The zero-order chi connectivity index (χ0) is 20.8. The van der Waals surface area contributed by atoms with Crippen LogP contribution in [0.4, 0.5) is 0 Å². The van der Waals surface area contributed by atoms with Crippen molar-refractivity contribution in [2.24, 2.45) is 0 Å². The first kappa shape index (κ1) is 20.2. The van der Waals surface area contributed by atoms with Gasteiger partial charge in [0.2, 0.25) is 5.91 Å². The minimum Gasteiger partial charge on any atom is -0.342 e. The van der Waals surface area contributed by atoms with Gasteiger partial charge in [0, 0.05) is 43.0 Å². The molecule has 2 aromatic rings. The van der Waals surface area contributed by atoms with Gasteiger partial charge in [-0.3, -0.25) is 19.1 Å². The standard InChI is InChI=1S/C23H32N4O2S/c1-15-16(2)30-22-20(15)23(29)27(21(24-22)17-6-7-17)18-8-12-25(13-9-18)14-19(28)26-10-4-3-5-11-26/h17-18H,3-14H2,1-2H3. The van der Waals surface area contributed by atoms with Crippen molar-refractivity contribution in [3.05, 3.63) is 26.6 Å². The van der Waals surface area contributed by atoms with E-state index in [1.165, 1.54) is 11.3 Å². The van der Waals surface area contributed by atoms with Crippen LogP contribution >= 0.6 is 11.3 Å². The van der Waals surface area contributed by atoms with E-state index in [0.29, 0.717) is 12.5 Å². The number of hydrogen-bond donors (Lipinski definition) is 0. The number of rotatable bonds is 4. The first-order valence-electron chi connectivity index (χ1n) is 11.5. The van der Waals surface area contributed by atoms with E-state index >= 15 is 0 Å². The molecular formula is C23H32N4O2S. The van der Waals surface area contributed by atoms with Gasteiger partial charge < -0.3 is 4.90 Å². The van der Waals surface area contributed by atoms with Crippen LogP contribution in [0.15, 0.2) is 4.79 Å². The Morgan fingerprint density at radius 3 is 2.40 bits per heavy atom. The molecule has 0 atom stereocenters. The second-order valence-electron chi connectivity index (χ2n) is 9.33. The normalized spacial score (nSPS) is 21.5. The van der Waals surface area contributed by atoms with E-state index in [9.17, 15) is 9.59 Å². The molecular weight excluding hydrogens is 396 g/mol. The van der Waals surface area contributed by atoms with Crippen LogP contribution in [0, 0.1) is 13.8 Å². The van der Waals surface area contributed by atoms with E-state index in [1.807, 2.05) is 16.4 Å². The molecule has 0 bridgehead atoms. The van der Waals surface area contributed by atoms with Gasteiger partial charge >= 0.3 is 0 Å². The maximum absolute atomic E-state index is 13.5. The van der Waals surface area contributed by atoms with Crippen molar-refractivity contribution in [3.63, 3.8) is 0 Å². The van der Waals surface area contributed by atoms with Crippen LogP contribution in [-0.4, -0.2) is 58.0 Å². The highest BCUT2D eigenvalue weighted by Crippen LogP contribution is 2.41. The molecule has 162 valence electrons. The Morgan fingerprint density at radius 1 is 1.03 bits per heavy atom. The Bertz CT molecular complexity index is 1010. The minimum absolute atomic E-state index is 0.159. The molecule has 1 saturated carbocycles. The van der Waals surface area contributed by atoms with Crippen molar-refractivity contribution in [2.75, 3.05) is 32.7 Å². The number of thiophene rings is 1. The summed E-state index contributed by atoms with van der Waals surface area (Å²) in [6.07, 6.45) is 7.64. The molecule has 5 rings (SSSR count). The molecule has 6 nitrogen and oxygen atoms in total. The highest BCUT2D eigenvalue weighted by Gasteiger charge is 2.34. The van der Waals surface area contributed by atoms with E-state index < -0.39 is 0 Å². The summed E-state index contributed by atoms with van der Waals surface area (Å²) in [5.74, 6) is 1.73. The minimum atomic E-state index is 0.159. The molecule has 0 radical (unpaired) electrons. The van der Waals surface area contributed by atoms with Crippen LogP contribution in [0.1, 0.15) is 73.2 Å². The summed E-state index contributed by atoms with van der Waals surface area (Å²) >= 11 is 1.65. The Labute approximate surface area is 181 Å². The van der Waals surface area contributed by atoms with Crippen LogP contribution in [-0.2, 0) is 4.79 Å². The molecule has 3 fully saturated rings. The van der Waals surface area contributed by atoms with Crippen LogP contribution < -0.4 is 5.56 Å². The topological polar surface area (TPSA) is 58.4 Å². The van der Waals surface area contributed by atoms with Crippen LogP contribution in [0.5, 0.6) is 0 Å². The summed E-state index contributed by atoms with van der Waals surface area (Å²) in [6, 6.07) is 0.200. The zero-order valence-electron chi connectivity index (χ0n) is 18.2. The third-order valence-electron chi connectivity index (χ3n) is 7.19. The molecule has 0 unspecified atom stereocenters. The lowest BCUT2D eigenvalue weighted by atomic mass is 10.0. The van der Waals surface area contributed by atoms with Crippen molar-refractivity contribution in [2.45, 2.75) is 70.8 Å². The van der Waals surface area contributed by atoms with E-state index in [4.69, 9.17) is 4.98 Å². The summed E-state index contributed by atoms with van der Waals surface area (Å²) < 4.78 is 2.04. The molecule has 30 heavy (non-hydrogen) atoms. The maximum atomic E-state index is 13.5. The molecule has 3 aliphatic rings. The quantitative estimate of drug-likeness (QED) is 0.747. The van der Waals surface area contributed by atoms with Gasteiger partial charge in [0.25, 0.3) is 5.56 Å². The van der Waals surface area contributed by atoms with Crippen molar-refractivity contribution < 1.29 is 4.79 Å². The van der Waals surface area contributed by atoms with E-state index in [1.54, 1.807) is 11.3 Å². The fourth-order valence-corrected chi connectivity index (χ4v) is 6.10. The molecule has 0 N–H and O–H groups in total. The van der Waals surface area contributed by atoms with E-state index in [0.717, 1.165) is 86.3 Å². The predicted octanol–water partition coefficient (Wildman–Crippen LogP) is 3.60. The van der Waals surface area contributed by atoms with Gasteiger partial charge in [0.1, 0.15) is 10.7 Å². The smallest absolute Gasteiger partial charge is 0.262 e. The zero-order valence-corrected chi connectivity index (χ0v) is 19.0. The predicted molar refractivity (Wildman–Crippen MR) is 120 cm³/mol. The summed E-state index contributed by atoms with van der Waals surface area (Å²) in [5.41, 5.74) is 1.25. The fourth-order valence-electron chi connectivity index (χ4n) is 5.07. The number of likely N-dealkylation sites (tertiary alicyclic amines) is 2. The molecule has 2 saturated heterocycles. The third-order valence-corrected chi connectivity index (χ3v) is 8.30. The molecule has 2 aromatic heterocycles. The average Bonchev–Trinajstić information content (AvgIpc) is 3.55. The number of aryl methyl sites for hydroxylation is 2. The molecule has 7 heteroatoms. The van der Waals surface area contributed by atoms with E-state index in [2.05, 4.69) is 11.8 Å². The lowest BCUT2D eigenvalue weighted by molar-refractivity contribution is -0.133. The average molecular weight is 429 g/mol. The van der Waals surface area contributed by atoms with Crippen molar-refractivity contribution in [3.8, 4) is 0 Å². The van der Waals surface area contributed by atoms with Gasteiger partial charge in [-0.15, -0.1) is 11.3 Å². The summed E-state index contributed by atoms with van der Waals surface area (Å²) in [6.45, 7) is 8.24. The SMILES string of the molecule is Cc1sc2nc(C3CC3)n(C3CCN(CC(=O)N4CCCCC4)CC3)c(=O)c2c1C. The molecule has 0 spiro atoms. The van der Waals surface area contributed by atoms with Gasteiger partial charge in [0.15, 0.2) is 0 Å². The Kier molecular flexibility index (Phi) is 5.44. The molecule has 0 aromatic carbocycles. The molecule has 1 amide bonds.